The molecule has 0 saturated carbocycles. The number of nitrogens with zero attached hydrogens (tertiary/aromatic N) is 1. The van der Waals surface area contributed by atoms with E-state index in [0.29, 0.717) is 11.7 Å². The minimum absolute atomic E-state index is 0.342. The molecular formula is C16H14N2O2S. The summed E-state index contributed by atoms with van der Waals surface area (Å²) in [7, 11) is 0. The number of rotatable bonds is 3. The second-order valence-corrected chi connectivity index (χ2v) is 5.30. The Morgan fingerprint density at radius 3 is 2.86 bits per heavy atom. The number of carbonyl (C=O) groups excluding carboxylic acids is 1. The molecule has 3 rings (SSSR count). The van der Waals surface area contributed by atoms with Crippen LogP contribution in [0.25, 0.3) is 22.0 Å². The first-order valence-electron chi connectivity index (χ1n) is 6.65. The van der Waals surface area contributed by atoms with E-state index in [1.165, 1.54) is 22.1 Å². The van der Waals surface area contributed by atoms with Crippen LogP contribution in [0.1, 0.15) is 6.92 Å². The summed E-state index contributed by atoms with van der Waals surface area (Å²) >= 11 is 1.38. The predicted octanol–water partition coefficient (Wildman–Crippen LogP) is 4.53. The Morgan fingerprint density at radius 2 is 2.05 bits per heavy atom. The minimum atomic E-state index is -0.475. The van der Waals surface area contributed by atoms with Gasteiger partial charge in [0, 0.05) is 10.9 Å². The Balaban J connectivity index is 1.85. The van der Waals surface area contributed by atoms with Gasteiger partial charge in [-0.05, 0) is 23.8 Å². The normalized spacial score (nSPS) is 10.5. The number of anilines is 1. The first-order chi connectivity index (χ1) is 10.3. The van der Waals surface area contributed by atoms with Crippen molar-refractivity contribution in [2.45, 2.75) is 6.92 Å². The summed E-state index contributed by atoms with van der Waals surface area (Å²) in [5, 5.41) is 7.44. The monoisotopic (exact) mass is 298 g/mol. The molecule has 4 nitrogen and oxygen atoms in total. The molecule has 1 heterocycles. The van der Waals surface area contributed by atoms with Gasteiger partial charge in [0.25, 0.3) is 0 Å². The number of hydrogen-bond donors (Lipinski definition) is 1. The van der Waals surface area contributed by atoms with Gasteiger partial charge in [-0.2, -0.15) is 0 Å². The van der Waals surface area contributed by atoms with E-state index in [1.807, 2.05) is 23.6 Å². The van der Waals surface area contributed by atoms with Crippen molar-refractivity contribution in [2.24, 2.45) is 0 Å². The van der Waals surface area contributed by atoms with Crippen LogP contribution in [0.5, 0.6) is 0 Å². The maximum Gasteiger partial charge on any atom is 0.413 e. The van der Waals surface area contributed by atoms with Gasteiger partial charge in [0.05, 0.1) is 12.3 Å². The average Bonchev–Trinajstić information content (AvgIpc) is 2.95. The van der Waals surface area contributed by atoms with E-state index in [9.17, 15) is 4.79 Å². The van der Waals surface area contributed by atoms with Crippen LogP contribution in [0, 0.1) is 0 Å². The molecular weight excluding hydrogens is 284 g/mol. The fourth-order valence-corrected chi connectivity index (χ4v) is 2.77. The molecule has 21 heavy (non-hydrogen) atoms. The predicted molar refractivity (Wildman–Crippen MR) is 85.7 cm³/mol. The largest absolute Gasteiger partial charge is 0.450 e. The minimum Gasteiger partial charge on any atom is -0.450 e. The molecule has 5 heteroatoms. The van der Waals surface area contributed by atoms with Crippen LogP contribution in [-0.2, 0) is 4.74 Å². The maximum atomic E-state index is 11.4. The van der Waals surface area contributed by atoms with E-state index in [-0.39, 0.29) is 0 Å². The van der Waals surface area contributed by atoms with Crippen molar-refractivity contribution in [1.82, 2.24) is 4.98 Å². The van der Waals surface area contributed by atoms with Crippen LogP contribution < -0.4 is 5.32 Å². The highest BCUT2D eigenvalue weighted by Crippen LogP contribution is 2.27. The van der Waals surface area contributed by atoms with Crippen molar-refractivity contribution in [3.05, 3.63) is 47.8 Å². The Hall–Kier alpha value is -2.40. The zero-order chi connectivity index (χ0) is 14.7. The Labute approximate surface area is 126 Å². The molecule has 0 saturated heterocycles. The van der Waals surface area contributed by atoms with Crippen molar-refractivity contribution in [3.63, 3.8) is 0 Å². The van der Waals surface area contributed by atoms with Crippen molar-refractivity contribution < 1.29 is 9.53 Å². The van der Waals surface area contributed by atoms with Crippen molar-refractivity contribution in [3.8, 4) is 11.3 Å². The van der Waals surface area contributed by atoms with Crippen LogP contribution in [0.15, 0.2) is 47.8 Å². The molecule has 0 spiro atoms. The number of amides is 1. The van der Waals surface area contributed by atoms with Crippen LogP contribution in [-0.4, -0.2) is 17.7 Å². The maximum absolute atomic E-state index is 11.4. The lowest BCUT2D eigenvalue weighted by Gasteiger charge is -2.02. The van der Waals surface area contributed by atoms with E-state index >= 15 is 0 Å². The number of benzene rings is 2. The summed E-state index contributed by atoms with van der Waals surface area (Å²) in [6, 6.07) is 14.4. The Kier molecular flexibility index (Phi) is 3.83. The number of ether oxygens (including phenoxy) is 1. The highest BCUT2D eigenvalue weighted by molar-refractivity contribution is 7.14. The number of carbonyl (C=O) groups is 1. The van der Waals surface area contributed by atoms with E-state index in [2.05, 4.69) is 34.6 Å². The molecule has 0 aliphatic carbocycles. The van der Waals surface area contributed by atoms with Gasteiger partial charge in [-0.15, -0.1) is 11.3 Å². The fourth-order valence-electron chi connectivity index (χ4n) is 2.07. The van der Waals surface area contributed by atoms with Crippen LogP contribution in [0.4, 0.5) is 9.93 Å². The summed E-state index contributed by atoms with van der Waals surface area (Å²) in [6.07, 6.45) is -0.475. The Morgan fingerprint density at radius 1 is 1.24 bits per heavy atom. The third kappa shape index (κ3) is 3.03. The van der Waals surface area contributed by atoms with E-state index in [0.717, 1.165) is 11.3 Å². The van der Waals surface area contributed by atoms with Gasteiger partial charge in [-0.25, -0.2) is 9.78 Å². The van der Waals surface area contributed by atoms with E-state index in [4.69, 9.17) is 4.74 Å². The lowest BCUT2D eigenvalue weighted by molar-refractivity contribution is 0.168. The zero-order valence-electron chi connectivity index (χ0n) is 11.5. The Bertz CT molecular complexity index is 783. The van der Waals surface area contributed by atoms with Gasteiger partial charge >= 0.3 is 6.09 Å². The molecule has 0 fully saturated rings. The summed E-state index contributed by atoms with van der Waals surface area (Å²) in [5.74, 6) is 0. The van der Waals surface area contributed by atoms with Crippen LogP contribution in [0.2, 0.25) is 0 Å². The van der Waals surface area contributed by atoms with E-state index < -0.39 is 6.09 Å². The second kappa shape index (κ2) is 5.93. The second-order valence-electron chi connectivity index (χ2n) is 4.45. The molecule has 1 N–H and O–H groups in total. The lowest BCUT2D eigenvalue weighted by Crippen LogP contribution is -2.12. The number of hydrogen-bond acceptors (Lipinski definition) is 4. The molecule has 1 aromatic heterocycles. The highest BCUT2D eigenvalue weighted by Gasteiger charge is 2.08. The standard InChI is InChI=1S/C16H14N2O2S/c1-2-20-16(19)18-15-17-14(10-21-15)13-8-7-11-5-3-4-6-12(11)9-13/h3-10H,2H2,1H3,(H,17,18,19). The zero-order valence-corrected chi connectivity index (χ0v) is 12.3. The summed E-state index contributed by atoms with van der Waals surface area (Å²) in [5.41, 5.74) is 1.87. The molecule has 0 aliphatic rings. The number of aromatic nitrogens is 1. The first-order valence-corrected chi connectivity index (χ1v) is 7.52. The third-order valence-corrected chi connectivity index (χ3v) is 3.79. The smallest absolute Gasteiger partial charge is 0.413 e. The average molecular weight is 298 g/mol. The molecule has 3 aromatic rings. The first kappa shape index (κ1) is 13.6. The van der Waals surface area contributed by atoms with E-state index in [1.54, 1.807) is 6.92 Å². The van der Waals surface area contributed by atoms with Gasteiger partial charge in [-0.1, -0.05) is 36.4 Å². The van der Waals surface area contributed by atoms with Crippen molar-refractivity contribution in [2.75, 3.05) is 11.9 Å². The summed E-state index contributed by atoms with van der Waals surface area (Å²) in [6.45, 7) is 2.11. The number of thiazole rings is 1. The van der Waals surface area contributed by atoms with Crippen molar-refractivity contribution in [1.29, 1.82) is 0 Å². The van der Waals surface area contributed by atoms with Gasteiger partial charge in [0.2, 0.25) is 0 Å². The summed E-state index contributed by atoms with van der Waals surface area (Å²) in [4.78, 5) is 15.8. The molecule has 0 bridgehead atoms. The van der Waals surface area contributed by atoms with Gasteiger partial charge in [0.15, 0.2) is 5.13 Å². The fraction of sp³-hybridized carbons (Fsp3) is 0.125. The molecule has 0 atom stereocenters. The number of nitrogens with one attached hydrogen (secondary N) is 1. The summed E-state index contributed by atoms with van der Waals surface area (Å²) < 4.78 is 4.84. The molecule has 0 aliphatic heterocycles. The number of fused-ring (bicyclic) bond motifs is 1. The van der Waals surface area contributed by atoms with Crippen molar-refractivity contribution >= 4 is 33.3 Å². The molecule has 1 amide bonds. The van der Waals surface area contributed by atoms with Gasteiger partial charge in [-0.3, -0.25) is 5.32 Å². The van der Waals surface area contributed by atoms with Crippen LogP contribution >= 0.6 is 11.3 Å². The molecule has 106 valence electrons. The van der Waals surface area contributed by atoms with Gasteiger partial charge < -0.3 is 4.74 Å². The topological polar surface area (TPSA) is 51.2 Å². The molecule has 2 aromatic carbocycles. The van der Waals surface area contributed by atoms with Gasteiger partial charge in [0.1, 0.15) is 0 Å². The van der Waals surface area contributed by atoms with Crippen LogP contribution in [0.3, 0.4) is 0 Å². The highest BCUT2D eigenvalue weighted by atomic mass is 32.1. The SMILES string of the molecule is CCOC(=O)Nc1nc(-c2ccc3ccccc3c2)cs1. The quantitative estimate of drug-likeness (QED) is 0.772. The molecule has 0 unspecified atom stereocenters. The molecule has 0 radical (unpaired) electrons. The lowest BCUT2D eigenvalue weighted by atomic mass is 10.1. The third-order valence-electron chi connectivity index (χ3n) is 3.03.